The van der Waals surface area contributed by atoms with Crippen molar-refractivity contribution in [2.24, 2.45) is 0 Å². The lowest BCUT2D eigenvalue weighted by atomic mass is 10.2. The molecule has 0 saturated carbocycles. The van der Waals surface area contributed by atoms with Gasteiger partial charge in [-0.2, -0.15) is 13.2 Å². The maximum absolute atomic E-state index is 12.4. The highest BCUT2D eigenvalue weighted by Crippen LogP contribution is 2.30. The minimum absolute atomic E-state index is 0.412. The summed E-state index contributed by atoms with van der Waals surface area (Å²) in [6, 6.07) is 2.94. The Hall–Kier alpha value is -1.65. The van der Waals surface area contributed by atoms with Gasteiger partial charge in [-0.05, 0) is 18.2 Å². The number of aliphatic hydroxyl groups is 1. The van der Waals surface area contributed by atoms with Gasteiger partial charge in [-0.15, -0.1) is 0 Å². The highest BCUT2D eigenvalue weighted by atomic mass is 32.2. The van der Waals surface area contributed by atoms with E-state index in [9.17, 15) is 26.4 Å². The average molecular weight is 313 g/mol. The standard InChI is InChI=1S/C10H10F3NO5S/c11-10(12,13)6-2-1-3-7(4-6)20(18,19)14-5-8(15)9(16)17/h1-4,8,14-15H,5H2,(H,16,17). The van der Waals surface area contributed by atoms with Crippen LogP contribution in [0.2, 0.25) is 0 Å². The van der Waals surface area contributed by atoms with Gasteiger partial charge in [0.2, 0.25) is 10.0 Å². The predicted octanol–water partition coefficient (Wildman–Crippen LogP) is 0.429. The molecule has 10 heteroatoms. The van der Waals surface area contributed by atoms with Gasteiger partial charge in [-0.1, -0.05) is 6.07 Å². The summed E-state index contributed by atoms with van der Waals surface area (Å²) in [5.41, 5.74) is -1.15. The smallest absolute Gasteiger partial charge is 0.416 e. The van der Waals surface area contributed by atoms with Gasteiger partial charge >= 0.3 is 12.1 Å². The van der Waals surface area contributed by atoms with Crippen molar-refractivity contribution in [1.29, 1.82) is 0 Å². The third-order valence-corrected chi connectivity index (χ3v) is 3.64. The number of halogens is 3. The fourth-order valence-corrected chi connectivity index (χ4v) is 2.28. The van der Waals surface area contributed by atoms with Crippen molar-refractivity contribution in [3.8, 4) is 0 Å². The molecule has 3 N–H and O–H groups in total. The Morgan fingerprint density at radius 2 is 1.95 bits per heavy atom. The third-order valence-electron chi connectivity index (χ3n) is 2.22. The molecule has 0 aromatic heterocycles. The van der Waals surface area contributed by atoms with E-state index < -0.39 is 45.3 Å². The SMILES string of the molecule is O=C(O)C(O)CNS(=O)(=O)c1cccc(C(F)(F)F)c1. The monoisotopic (exact) mass is 313 g/mol. The molecule has 20 heavy (non-hydrogen) atoms. The highest BCUT2D eigenvalue weighted by molar-refractivity contribution is 7.89. The summed E-state index contributed by atoms with van der Waals surface area (Å²) in [5, 5.41) is 17.3. The normalized spacial score (nSPS) is 14.0. The summed E-state index contributed by atoms with van der Waals surface area (Å²) < 4.78 is 62.3. The zero-order valence-electron chi connectivity index (χ0n) is 9.76. The molecule has 1 aromatic carbocycles. The summed E-state index contributed by atoms with van der Waals surface area (Å²) in [6.45, 7) is -0.853. The number of carbonyl (C=O) groups is 1. The zero-order chi connectivity index (χ0) is 15.6. The maximum Gasteiger partial charge on any atom is 0.416 e. The van der Waals surface area contributed by atoms with E-state index in [1.807, 2.05) is 0 Å². The van der Waals surface area contributed by atoms with Crippen LogP contribution in [0, 0.1) is 0 Å². The number of aliphatic carboxylic acids is 1. The molecular formula is C10H10F3NO5S. The van der Waals surface area contributed by atoms with Crippen LogP contribution >= 0.6 is 0 Å². The van der Waals surface area contributed by atoms with Crippen molar-refractivity contribution < 1.29 is 36.6 Å². The van der Waals surface area contributed by atoms with E-state index >= 15 is 0 Å². The number of rotatable bonds is 5. The van der Waals surface area contributed by atoms with Crippen LogP contribution in [0.3, 0.4) is 0 Å². The molecule has 1 atom stereocenters. The molecular weight excluding hydrogens is 303 g/mol. The first-order valence-corrected chi connectivity index (χ1v) is 6.60. The second-order valence-corrected chi connectivity index (χ2v) is 5.50. The van der Waals surface area contributed by atoms with Crippen LogP contribution in [0.25, 0.3) is 0 Å². The van der Waals surface area contributed by atoms with E-state index in [4.69, 9.17) is 10.2 Å². The van der Waals surface area contributed by atoms with Crippen LogP contribution in [0.4, 0.5) is 13.2 Å². The molecule has 0 saturated heterocycles. The zero-order valence-corrected chi connectivity index (χ0v) is 10.6. The molecule has 0 aliphatic rings. The number of benzene rings is 1. The van der Waals surface area contributed by atoms with Gasteiger partial charge in [-0.3, -0.25) is 0 Å². The van der Waals surface area contributed by atoms with E-state index in [0.717, 1.165) is 12.1 Å². The minimum Gasteiger partial charge on any atom is -0.479 e. The summed E-state index contributed by atoms with van der Waals surface area (Å²) in [4.78, 5) is 9.63. The molecule has 0 radical (unpaired) electrons. The predicted molar refractivity (Wildman–Crippen MR) is 60.3 cm³/mol. The van der Waals surface area contributed by atoms with Gasteiger partial charge in [0, 0.05) is 6.54 Å². The van der Waals surface area contributed by atoms with Crippen LogP contribution in [-0.4, -0.2) is 37.2 Å². The number of hydrogen-bond donors (Lipinski definition) is 3. The number of carboxylic acid groups (broad SMARTS) is 1. The van der Waals surface area contributed by atoms with Crippen molar-refractivity contribution in [1.82, 2.24) is 4.72 Å². The largest absolute Gasteiger partial charge is 0.479 e. The highest BCUT2D eigenvalue weighted by Gasteiger charge is 2.31. The van der Waals surface area contributed by atoms with Crippen molar-refractivity contribution in [2.45, 2.75) is 17.2 Å². The lowest BCUT2D eigenvalue weighted by Crippen LogP contribution is -2.36. The van der Waals surface area contributed by atoms with Crippen LogP contribution in [-0.2, 0) is 21.0 Å². The Balaban J connectivity index is 2.96. The topological polar surface area (TPSA) is 104 Å². The van der Waals surface area contributed by atoms with Crippen LogP contribution < -0.4 is 4.72 Å². The van der Waals surface area contributed by atoms with Crippen LogP contribution in [0.1, 0.15) is 5.56 Å². The molecule has 0 amide bonds. The van der Waals surface area contributed by atoms with E-state index in [0.29, 0.717) is 12.1 Å². The third kappa shape index (κ3) is 4.18. The van der Waals surface area contributed by atoms with Gasteiger partial charge in [0.05, 0.1) is 10.5 Å². The molecule has 6 nitrogen and oxygen atoms in total. The quantitative estimate of drug-likeness (QED) is 0.731. The first kappa shape index (κ1) is 16.4. The van der Waals surface area contributed by atoms with E-state index in [1.165, 1.54) is 0 Å². The Morgan fingerprint density at radius 3 is 2.45 bits per heavy atom. The van der Waals surface area contributed by atoms with Crippen molar-refractivity contribution in [2.75, 3.05) is 6.54 Å². The van der Waals surface area contributed by atoms with Crippen molar-refractivity contribution >= 4 is 16.0 Å². The Kier molecular flexibility index (Phi) is 4.73. The molecule has 1 aromatic rings. The van der Waals surface area contributed by atoms with Gasteiger partial charge in [0.25, 0.3) is 0 Å². The van der Waals surface area contributed by atoms with Crippen LogP contribution in [0.15, 0.2) is 29.2 Å². The second-order valence-electron chi connectivity index (χ2n) is 3.73. The summed E-state index contributed by atoms with van der Waals surface area (Å²) in [5.74, 6) is -1.66. The van der Waals surface area contributed by atoms with Crippen molar-refractivity contribution in [3.63, 3.8) is 0 Å². The molecule has 1 unspecified atom stereocenters. The minimum atomic E-state index is -4.70. The van der Waals surface area contributed by atoms with Gasteiger partial charge < -0.3 is 10.2 Å². The van der Waals surface area contributed by atoms with Crippen molar-refractivity contribution in [3.05, 3.63) is 29.8 Å². The average Bonchev–Trinajstić information content (AvgIpc) is 2.35. The van der Waals surface area contributed by atoms with E-state index in [2.05, 4.69) is 0 Å². The van der Waals surface area contributed by atoms with Gasteiger partial charge in [-0.25, -0.2) is 17.9 Å². The Labute approximate surface area is 111 Å². The number of nitrogens with one attached hydrogen (secondary N) is 1. The van der Waals surface area contributed by atoms with E-state index in [1.54, 1.807) is 4.72 Å². The molecule has 112 valence electrons. The lowest BCUT2D eigenvalue weighted by molar-refractivity contribution is -0.146. The number of alkyl halides is 3. The number of sulfonamides is 1. The molecule has 0 aliphatic heterocycles. The van der Waals surface area contributed by atoms with Gasteiger partial charge in [0.1, 0.15) is 0 Å². The summed E-state index contributed by atoms with van der Waals surface area (Å²) in [7, 11) is -4.34. The van der Waals surface area contributed by atoms with Crippen LogP contribution in [0.5, 0.6) is 0 Å². The Morgan fingerprint density at radius 1 is 1.35 bits per heavy atom. The number of hydrogen-bond acceptors (Lipinski definition) is 4. The van der Waals surface area contributed by atoms with Gasteiger partial charge in [0.15, 0.2) is 6.10 Å². The first-order chi connectivity index (χ1) is 9.04. The first-order valence-electron chi connectivity index (χ1n) is 5.12. The molecule has 0 aliphatic carbocycles. The van der Waals surface area contributed by atoms with E-state index in [-0.39, 0.29) is 0 Å². The molecule has 1 rings (SSSR count). The molecule has 0 bridgehead atoms. The lowest BCUT2D eigenvalue weighted by Gasteiger charge is -2.11. The summed E-state index contributed by atoms with van der Waals surface area (Å²) in [6.07, 6.45) is -6.69. The second kappa shape index (κ2) is 5.77. The fourth-order valence-electron chi connectivity index (χ4n) is 1.20. The molecule has 0 spiro atoms. The number of carboxylic acids is 1. The fraction of sp³-hybridized carbons (Fsp3) is 0.300. The molecule has 0 fully saturated rings. The maximum atomic E-state index is 12.4. The summed E-state index contributed by atoms with van der Waals surface area (Å²) >= 11 is 0. The Bertz CT molecular complexity index is 599. The number of aliphatic hydroxyl groups excluding tert-OH is 1. The molecule has 0 heterocycles.